The predicted octanol–water partition coefficient (Wildman–Crippen LogP) is 4.63. The molecule has 0 spiro atoms. The Labute approximate surface area is 184 Å². The molecule has 2 heterocycles. The van der Waals surface area contributed by atoms with Gasteiger partial charge in [-0.25, -0.2) is 4.98 Å². The van der Waals surface area contributed by atoms with E-state index < -0.39 is 0 Å². The molecule has 0 aliphatic heterocycles. The van der Waals surface area contributed by atoms with Crippen LogP contribution in [0.25, 0.3) is 21.3 Å². The quantitative estimate of drug-likeness (QED) is 0.515. The van der Waals surface area contributed by atoms with E-state index in [1.54, 1.807) is 0 Å². The van der Waals surface area contributed by atoms with E-state index in [4.69, 9.17) is 0 Å². The average Bonchev–Trinajstić information content (AvgIpc) is 3.21. The first-order valence-corrected chi connectivity index (χ1v) is 11.4. The van der Waals surface area contributed by atoms with E-state index in [1.165, 1.54) is 38.9 Å². The molecule has 31 heavy (non-hydrogen) atoms. The van der Waals surface area contributed by atoms with E-state index in [0.717, 1.165) is 30.4 Å². The maximum Gasteiger partial charge on any atom is 0.263 e. The molecule has 0 unspecified atom stereocenters. The number of hydrogen-bond donors (Lipinski definition) is 1. The van der Waals surface area contributed by atoms with E-state index >= 15 is 0 Å². The standard InChI is InChI=1S/C25H23N3O2S/c1-16-9-11-18(12-10-16)20-14-31-24-23(20)25(30)28(15-26-24)13-22(29)27-21-8-4-6-17-5-2-3-7-19(17)21/h2-3,5,7,9-12,14-15,21H,4,6,8,13H2,1H3,(H,27,29)/t21-/m0/s1. The fourth-order valence-corrected chi connectivity index (χ4v) is 5.23. The highest BCUT2D eigenvalue weighted by molar-refractivity contribution is 7.17. The Morgan fingerprint density at radius 1 is 1.19 bits per heavy atom. The van der Waals surface area contributed by atoms with E-state index in [2.05, 4.69) is 22.4 Å². The van der Waals surface area contributed by atoms with Crippen molar-refractivity contribution in [2.24, 2.45) is 0 Å². The molecule has 0 saturated carbocycles. The Morgan fingerprint density at radius 3 is 2.84 bits per heavy atom. The Morgan fingerprint density at radius 2 is 2.00 bits per heavy atom. The molecule has 1 amide bonds. The zero-order valence-corrected chi connectivity index (χ0v) is 18.1. The summed E-state index contributed by atoms with van der Waals surface area (Å²) in [5.74, 6) is -0.169. The number of nitrogens with one attached hydrogen (secondary N) is 1. The summed E-state index contributed by atoms with van der Waals surface area (Å²) < 4.78 is 1.41. The lowest BCUT2D eigenvalue weighted by atomic mass is 9.88. The Kier molecular flexibility index (Phi) is 5.16. The predicted molar refractivity (Wildman–Crippen MR) is 124 cm³/mol. The lowest BCUT2D eigenvalue weighted by molar-refractivity contribution is -0.122. The van der Waals surface area contributed by atoms with Crippen molar-refractivity contribution in [2.45, 2.75) is 38.8 Å². The number of rotatable bonds is 4. The third-order valence-electron chi connectivity index (χ3n) is 5.94. The van der Waals surface area contributed by atoms with Crippen LogP contribution in [0.3, 0.4) is 0 Å². The number of thiophene rings is 1. The van der Waals surface area contributed by atoms with Gasteiger partial charge in [0.1, 0.15) is 11.4 Å². The third-order valence-corrected chi connectivity index (χ3v) is 6.83. The van der Waals surface area contributed by atoms with Gasteiger partial charge in [-0.15, -0.1) is 11.3 Å². The van der Waals surface area contributed by atoms with Gasteiger partial charge in [-0.2, -0.15) is 0 Å². The number of hydrogen-bond acceptors (Lipinski definition) is 4. The molecule has 1 atom stereocenters. The van der Waals surface area contributed by atoms with Gasteiger partial charge in [0.05, 0.1) is 17.8 Å². The van der Waals surface area contributed by atoms with Crippen molar-refractivity contribution in [3.63, 3.8) is 0 Å². The molecule has 0 fully saturated rings. The van der Waals surface area contributed by atoms with Crippen LogP contribution in [0.15, 0.2) is 65.0 Å². The fourth-order valence-electron chi connectivity index (χ4n) is 4.32. The molecule has 0 radical (unpaired) electrons. The molecule has 0 bridgehead atoms. The van der Waals surface area contributed by atoms with Crippen LogP contribution in [-0.2, 0) is 17.8 Å². The topological polar surface area (TPSA) is 64.0 Å². The van der Waals surface area contributed by atoms with Crippen LogP contribution in [0.5, 0.6) is 0 Å². The van der Waals surface area contributed by atoms with Crippen LogP contribution in [0, 0.1) is 6.92 Å². The number of aryl methyl sites for hydroxylation is 2. The smallest absolute Gasteiger partial charge is 0.263 e. The summed E-state index contributed by atoms with van der Waals surface area (Å²) in [6, 6.07) is 16.3. The van der Waals surface area contributed by atoms with Gasteiger partial charge in [0.15, 0.2) is 0 Å². The van der Waals surface area contributed by atoms with E-state index in [-0.39, 0.29) is 24.1 Å². The van der Waals surface area contributed by atoms with Crippen molar-refractivity contribution in [3.8, 4) is 11.1 Å². The zero-order chi connectivity index (χ0) is 21.4. The van der Waals surface area contributed by atoms with Crippen molar-refractivity contribution in [1.82, 2.24) is 14.9 Å². The molecule has 1 aliphatic rings. The van der Waals surface area contributed by atoms with Gasteiger partial charge in [0, 0.05) is 10.9 Å². The summed E-state index contributed by atoms with van der Waals surface area (Å²) in [5.41, 5.74) is 5.31. The summed E-state index contributed by atoms with van der Waals surface area (Å²) in [6.45, 7) is 2.00. The molecule has 6 heteroatoms. The monoisotopic (exact) mass is 429 g/mol. The summed E-state index contributed by atoms with van der Waals surface area (Å²) in [7, 11) is 0. The van der Waals surface area contributed by atoms with Crippen LogP contribution < -0.4 is 10.9 Å². The van der Waals surface area contributed by atoms with Gasteiger partial charge in [-0.3, -0.25) is 14.2 Å². The van der Waals surface area contributed by atoms with Gasteiger partial charge in [-0.1, -0.05) is 54.1 Å². The Hall–Kier alpha value is -3.25. The largest absolute Gasteiger partial charge is 0.348 e. The highest BCUT2D eigenvalue weighted by atomic mass is 32.1. The fraction of sp³-hybridized carbons (Fsp3) is 0.240. The van der Waals surface area contributed by atoms with Gasteiger partial charge in [0.2, 0.25) is 5.91 Å². The molecular formula is C25H23N3O2S. The summed E-state index contributed by atoms with van der Waals surface area (Å²) in [4.78, 5) is 31.2. The van der Waals surface area contributed by atoms with Gasteiger partial charge >= 0.3 is 0 Å². The summed E-state index contributed by atoms with van der Waals surface area (Å²) in [5, 5.41) is 5.66. The Balaban J connectivity index is 1.42. The van der Waals surface area contributed by atoms with Crippen molar-refractivity contribution in [2.75, 3.05) is 0 Å². The maximum atomic E-state index is 13.2. The minimum Gasteiger partial charge on any atom is -0.348 e. The van der Waals surface area contributed by atoms with Crippen LogP contribution in [0.1, 0.15) is 35.6 Å². The van der Waals surface area contributed by atoms with Crippen LogP contribution in [0.2, 0.25) is 0 Å². The molecule has 156 valence electrons. The number of aromatic nitrogens is 2. The highest BCUT2D eigenvalue weighted by Crippen LogP contribution is 2.31. The summed E-state index contributed by atoms with van der Waals surface area (Å²) in [6.07, 6.45) is 4.48. The van der Waals surface area contributed by atoms with Gasteiger partial charge < -0.3 is 5.32 Å². The SMILES string of the molecule is Cc1ccc(-c2csc3ncn(CC(=O)N[C@H]4CCCc5ccccc54)c(=O)c23)cc1. The van der Waals surface area contributed by atoms with Gasteiger partial charge in [0.25, 0.3) is 5.56 Å². The molecule has 5 rings (SSSR count). The lowest BCUT2D eigenvalue weighted by Gasteiger charge is -2.26. The molecule has 5 nitrogen and oxygen atoms in total. The minimum atomic E-state index is -0.180. The number of benzene rings is 2. The highest BCUT2D eigenvalue weighted by Gasteiger charge is 2.22. The lowest BCUT2D eigenvalue weighted by Crippen LogP contribution is -2.36. The van der Waals surface area contributed by atoms with E-state index in [1.807, 2.05) is 48.7 Å². The number of fused-ring (bicyclic) bond motifs is 2. The van der Waals surface area contributed by atoms with Crippen LogP contribution in [0.4, 0.5) is 0 Å². The summed E-state index contributed by atoms with van der Waals surface area (Å²) >= 11 is 1.45. The second-order valence-electron chi connectivity index (χ2n) is 8.08. The normalized spacial score (nSPS) is 15.6. The van der Waals surface area contributed by atoms with Crippen molar-refractivity contribution >= 4 is 27.5 Å². The van der Waals surface area contributed by atoms with Gasteiger partial charge in [-0.05, 0) is 42.9 Å². The number of amides is 1. The molecular weight excluding hydrogens is 406 g/mol. The zero-order valence-electron chi connectivity index (χ0n) is 17.3. The second kappa shape index (κ2) is 8.12. The molecule has 4 aromatic rings. The first-order chi connectivity index (χ1) is 15.1. The van der Waals surface area contributed by atoms with E-state index in [9.17, 15) is 9.59 Å². The number of nitrogens with zero attached hydrogens (tertiary/aromatic N) is 2. The molecule has 2 aromatic heterocycles. The molecule has 2 aromatic carbocycles. The third kappa shape index (κ3) is 3.79. The number of carbonyl (C=O) groups excluding carboxylic acids is 1. The number of carbonyl (C=O) groups is 1. The minimum absolute atomic E-state index is 0.00545. The second-order valence-corrected chi connectivity index (χ2v) is 8.94. The van der Waals surface area contributed by atoms with E-state index in [0.29, 0.717) is 10.2 Å². The average molecular weight is 430 g/mol. The van der Waals surface area contributed by atoms with Crippen LogP contribution >= 0.6 is 11.3 Å². The molecule has 1 N–H and O–H groups in total. The van der Waals surface area contributed by atoms with Crippen molar-refractivity contribution in [1.29, 1.82) is 0 Å². The van der Waals surface area contributed by atoms with Crippen LogP contribution in [-0.4, -0.2) is 15.5 Å². The van der Waals surface area contributed by atoms with Crippen molar-refractivity contribution < 1.29 is 4.79 Å². The molecule has 1 aliphatic carbocycles. The molecule has 0 saturated heterocycles. The first kappa shape index (κ1) is 19.7. The maximum absolute atomic E-state index is 13.2. The van der Waals surface area contributed by atoms with Crippen molar-refractivity contribution in [3.05, 3.63) is 87.3 Å². The first-order valence-electron chi connectivity index (χ1n) is 10.5. The Bertz CT molecular complexity index is 1320.